The van der Waals surface area contributed by atoms with Crippen LogP contribution < -0.4 is 5.32 Å². The molecule has 3 heterocycles. The van der Waals surface area contributed by atoms with E-state index in [-0.39, 0.29) is 5.97 Å². The number of hydrogen-bond acceptors (Lipinski definition) is 5. The first-order valence-electron chi connectivity index (χ1n) is 7.41. The molecule has 1 aromatic heterocycles. The van der Waals surface area contributed by atoms with Gasteiger partial charge in [0.15, 0.2) is 0 Å². The molecule has 0 radical (unpaired) electrons. The topological polar surface area (TPSA) is 41.6 Å². The predicted molar refractivity (Wildman–Crippen MR) is 79.7 cm³/mol. The van der Waals surface area contributed by atoms with Crippen LogP contribution in [0.3, 0.4) is 0 Å². The van der Waals surface area contributed by atoms with Crippen molar-refractivity contribution in [1.82, 2.24) is 10.2 Å². The average Bonchev–Trinajstić information content (AvgIpc) is 3.09. The highest BCUT2D eigenvalue weighted by molar-refractivity contribution is 7.09. The van der Waals surface area contributed by atoms with E-state index in [9.17, 15) is 4.79 Å². The van der Waals surface area contributed by atoms with Crippen molar-refractivity contribution >= 4 is 17.3 Å². The minimum absolute atomic E-state index is 0.0527. The van der Waals surface area contributed by atoms with Crippen molar-refractivity contribution in [1.29, 1.82) is 0 Å². The number of thiophene rings is 1. The van der Waals surface area contributed by atoms with Gasteiger partial charge in [0.05, 0.1) is 6.61 Å². The largest absolute Gasteiger partial charge is 0.465 e. The Morgan fingerprint density at radius 3 is 3.25 bits per heavy atom. The number of carbonyl (C=O) groups is 1. The second-order valence-electron chi connectivity index (χ2n) is 5.66. The first-order chi connectivity index (χ1) is 9.74. The highest BCUT2D eigenvalue weighted by atomic mass is 32.1. The monoisotopic (exact) mass is 294 g/mol. The lowest BCUT2D eigenvalue weighted by atomic mass is 9.78. The quantitative estimate of drug-likeness (QED) is 0.842. The normalized spacial score (nSPS) is 32.2. The van der Waals surface area contributed by atoms with Gasteiger partial charge in [-0.15, -0.1) is 11.3 Å². The van der Waals surface area contributed by atoms with E-state index in [1.165, 1.54) is 4.88 Å². The van der Waals surface area contributed by atoms with Crippen molar-refractivity contribution in [2.75, 3.05) is 26.2 Å². The minimum atomic E-state index is -0.479. The minimum Gasteiger partial charge on any atom is -0.465 e. The zero-order chi connectivity index (χ0) is 14.0. The van der Waals surface area contributed by atoms with E-state index in [0.717, 1.165) is 39.0 Å². The number of ether oxygens (including phenoxy) is 1. The van der Waals surface area contributed by atoms with Crippen molar-refractivity contribution in [3.8, 4) is 0 Å². The molecule has 3 atom stereocenters. The number of piperidine rings is 1. The molecule has 0 spiro atoms. The Bertz CT molecular complexity index is 462. The Kier molecular flexibility index (Phi) is 4.10. The number of carbonyl (C=O) groups excluding carboxylic acids is 1. The summed E-state index contributed by atoms with van der Waals surface area (Å²) < 4.78 is 5.39. The molecule has 2 aliphatic heterocycles. The molecule has 2 saturated heterocycles. The Hall–Kier alpha value is -0.910. The van der Waals surface area contributed by atoms with Crippen LogP contribution in [-0.2, 0) is 16.1 Å². The fourth-order valence-electron chi connectivity index (χ4n) is 3.47. The van der Waals surface area contributed by atoms with Crippen LogP contribution >= 0.6 is 11.3 Å². The van der Waals surface area contributed by atoms with Crippen LogP contribution in [0.15, 0.2) is 17.5 Å². The second kappa shape index (κ2) is 5.84. The maximum absolute atomic E-state index is 12.6. The van der Waals surface area contributed by atoms with Gasteiger partial charge in [0.1, 0.15) is 5.54 Å². The van der Waals surface area contributed by atoms with Crippen LogP contribution in [0, 0.1) is 5.92 Å². The van der Waals surface area contributed by atoms with Gasteiger partial charge in [0.2, 0.25) is 0 Å². The van der Waals surface area contributed by atoms with E-state index in [2.05, 4.69) is 27.7 Å². The van der Waals surface area contributed by atoms with Crippen LogP contribution in [0.1, 0.15) is 24.6 Å². The molecule has 0 aliphatic carbocycles. The molecular formula is C15H22N2O2S. The summed E-state index contributed by atoms with van der Waals surface area (Å²) in [6.07, 6.45) is 1.96. The fourth-order valence-corrected chi connectivity index (χ4v) is 4.11. The molecule has 1 N–H and O–H groups in total. The third-order valence-electron chi connectivity index (χ3n) is 4.59. The Balaban J connectivity index is 1.77. The molecule has 3 unspecified atom stereocenters. The first-order valence-corrected chi connectivity index (χ1v) is 8.29. The Morgan fingerprint density at radius 1 is 1.60 bits per heavy atom. The summed E-state index contributed by atoms with van der Waals surface area (Å²) in [4.78, 5) is 16.3. The molecule has 0 saturated carbocycles. The summed E-state index contributed by atoms with van der Waals surface area (Å²) in [7, 11) is 0. The summed E-state index contributed by atoms with van der Waals surface area (Å²) in [6.45, 7) is 6.23. The number of hydrogen-bond donors (Lipinski definition) is 1. The van der Waals surface area contributed by atoms with Crippen molar-refractivity contribution in [2.24, 2.45) is 5.92 Å². The molecular weight excluding hydrogens is 272 g/mol. The summed E-state index contributed by atoms with van der Waals surface area (Å²) in [5.41, 5.74) is -0.479. The fraction of sp³-hybridized carbons (Fsp3) is 0.667. The van der Waals surface area contributed by atoms with Crippen LogP contribution in [0.2, 0.25) is 0 Å². The van der Waals surface area contributed by atoms with Gasteiger partial charge in [-0.3, -0.25) is 10.1 Å². The van der Waals surface area contributed by atoms with Gasteiger partial charge in [-0.1, -0.05) is 6.07 Å². The van der Waals surface area contributed by atoms with Crippen LogP contribution in [-0.4, -0.2) is 42.6 Å². The molecule has 2 fully saturated rings. The highest BCUT2D eigenvalue weighted by Gasteiger charge is 2.52. The van der Waals surface area contributed by atoms with Gasteiger partial charge in [-0.05, 0) is 37.8 Å². The molecule has 5 heteroatoms. The van der Waals surface area contributed by atoms with Crippen LogP contribution in [0.4, 0.5) is 0 Å². The Morgan fingerprint density at radius 2 is 2.50 bits per heavy atom. The van der Waals surface area contributed by atoms with E-state index < -0.39 is 5.54 Å². The molecule has 4 nitrogen and oxygen atoms in total. The number of nitrogens with zero attached hydrogens (tertiary/aromatic N) is 1. The average molecular weight is 294 g/mol. The Labute approximate surface area is 124 Å². The lowest BCUT2D eigenvalue weighted by molar-refractivity contribution is -0.155. The van der Waals surface area contributed by atoms with Crippen molar-refractivity contribution in [3.05, 3.63) is 22.4 Å². The number of esters is 1. The number of rotatable bonds is 5. The van der Waals surface area contributed by atoms with Gasteiger partial charge in [-0.2, -0.15) is 0 Å². The molecule has 1 aromatic rings. The van der Waals surface area contributed by atoms with Gasteiger partial charge in [0.25, 0.3) is 0 Å². The van der Waals surface area contributed by atoms with E-state index >= 15 is 0 Å². The van der Waals surface area contributed by atoms with Crippen molar-refractivity contribution in [2.45, 2.75) is 31.8 Å². The SMILES string of the molecule is CCOC(=O)C1(NCc2cccs2)CCN2CCC1C2. The van der Waals surface area contributed by atoms with Crippen molar-refractivity contribution < 1.29 is 9.53 Å². The molecule has 3 rings (SSSR count). The van der Waals surface area contributed by atoms with Gasteiger partial charge >= 0.3 is 5.97 Å². The highest BCUT2D eigenvalue weighted by Crippen LogP contribution is 2.37. The van der Waals surface area contributed by atoms with Gasteiger partial charge in [-0.25, -0.2) is 0 Å². The lowest BCUT2D eigenvalue weighted by Crippen LogP contribution is -2.61. The molecule has 2 aliphatic rings. The van der Waals surface area contributed by atoms with Crippen molar-refractivity contribution in [3.63, 3.8) is 0 Å². The molecule has 20 heavy (non-hydrogen) atoms. The van der Waals surface area contributed by atoms with Crippen LogP contribution in [0.25, 0.3) is 0 Å². The summed E-state index contributed by atoms with van der Waals surface area (Å²) in [5, 5.41) is 5.63. The molecule has 0 aromatic carbocycles. The van der Waals surface area contributed by atoms with Crippen LogP contribution in [0.5, 0.6) is 0 Å². The summed E-state index contributed by atoms with van der Waals surface area (Å²) in [6, 6.07) is 4.16. The number of fused-ring (bicyclic) bond motifs is 2. The van der Waals surface area contributed by atoms with Gasteiger partial charge in [0, 0.05) is 30.4 Å². The zero-order valence-electron chi connectivity index (χ0n) is 11.9. The lowest BCUT2D eigenvalue weighted by Gasteiger charge is -2.41. The maximum atomic E-state index is 12.6. The summed E-state index contributed by atoms with van der Waals surface area (Å²) >= 11 is 1.73. The second-order valence-corrected chi connectivity index (χ2v) is 6.69. The molecule has 110 valence electrons. The smallest absolute Gasteiger partial charge is 0.326 e. The maximum Gasteiger partial charge on any atom is 0.326 e. The first kappa shape index (κ1) is 14.0. The summed E-state index contributed by atoms with van der Waals surface area (Å²) in [5.74, 6) is 0.332. The predicted octanol–water partition coefficient (Wildman–Crippen LogP) is 1.87. The van der Waals surface area contributed by atoms with E-state index in [1.807, 2.05) is 6.92 Å². The third-order valence-corrected chi connectivity index (χ3v) is 5.47. The molecule has 0 amide bonds. The van der Waals surface area contributed by atoms with E-state index in [4.69, 9.17) is 4.74 Å². The standard InChI is InChI=1S/C15H22N2O2S/c1-2-19-14(18)15(16-10-13-4-3-9-20-13)6-8-17-7-5-12(15)11-17/h3-4,9,12,16H,2,5-8,10-11H2,1H3. The number of nitrogens with one attached hydrogen (secondary N) is 1. The zero-order valence-corrected chi connectivity index (χ0v) is 12.7. The molecule has 2 bridgehead atoms. The van der Waals surface area contributed by atoms with E-state index in [0.29, 0.717) is 12.5 Å². The third kappa shape index (κ3) is 2.50. The van der Waals surface area contributed by atoms with E-state index in [1.54, 1.807) is 11.3 Å². The van der Waals surface area contributed by atoms with Gasteiger partial charge < -0.3 is 9.64 Å².